The van der Waals surface area contributed by atoms with Crippen LogP contribution in [0.25, 0.3) is 0 Å². The van der Waals surface area contributed by atoms with E-state index in [2.05, 4.69) is 9.82 Å². The first-order chi connectivity index (χ1) is 14.3. The number of aromatic hydroxyl groups is 1. The standard InChI is InChI=1S/C21H19N3O4S2/c1-30(27,28)23-16-9-4-2-7-14(16)17-13-18(15-8-3-5-10-19(15)25)24(22-17)21(26)20-11-6-12-29-20/h2-12,18,23,25H,13H2,1H3/t18-/m1/s1. The molecule has 0 fully saturated rings. The number of hydrogen-bond acceptors (Lipinski definition) is 6. The van der Waals surface area contributed by atoms with E-state index in [0.717, 1.165) is 6.26 Å². The molecule has 2 N–H and O–H groups in total. The molecule has 2 heterocycles. The summed E-state index contributed by atoms with van der Waals surface area (Å²) in [4.78, 5) is 13.7. The Balaban J connectivity index is 1.78. The van der Waals surface area contributed by atoms with E-state index < -0.39 is 16.1 Å². The maximum Gasteiger partial charge on any atom is 0.284 e. The third kappa shape index (κ3) is 4.07. The highest BCUT2D eigenvalue weighted by Gasteiger charge is 2.36. The minimum atomic E-state index is -3.49. The lowest BCUT2D eigenvalue weighted by atomic mass is 9.97. The van der Waals surface area contributed by atoms with E-state index in [1.54, 1.807) is 60.7 Å². The van der Waals surface area contributed by atoms with Crippen molar-refractivity contribution in [1.29, 1.82) is 0 Å². The van der Waals surface area contributed by atoms with E-state index in [9.17, 15) is 18.3 Å². The summed E-state index contributed by atoms with van der Waals surface area (Å²) in [5, 5.41) is 18.1. The van der Waals surface area contributed by atoms with Crippen molar-refractivity contribution in [3.05, 3.63) is 82.0 Å². The van der Waals surface area contributed by atoms with Crippen molar-refractivity contribution in [1.82, 2.24) is 5.01 Å². The van der Waals surface area contributed by atoms with Crippen molar-refractivity contribution >= 4 is 38.7 Å². The number of hydrogen-bond donors (Lipinski definition) is 2. The van der Waals surface area contributed by atoms with Gasteiger partial charge in [-0.1, -0.05) is 42.5 Å². The first kappa shape index (κ1) is 20.1. The van der Waals surface area contributed by atoms with Gasteiger partial charge in [-0.3, -0.25) is 9.52 Å². The van der Waals surface area contributed by atoms with Crippen LogP contribution in [-0.4, -0.2) is 36.4 Å². The predicted molar refractivity (Wildman–Crippen MR) is 117 cm³/mol. The number of amides is 1. The predicted octanol–water partition coefficient (Wildman–Crippen LogP) is 3.82. The van der Waals surface area contributed by atoms with Crippen LogP contribution in [0.3, 0.4) is 0 Å². The Hall–Kier alpha value is -3.17. The largest absolute Gasteiger partial charge is 0.508 e. The second-order valence-corrected chi connectivity index (χ2v) is 9.57. The van der Waals surface area contributed by atoms with Crippen LogP contribution in [0.5, 0.6) is 5.75 Å². The Labute approximate surface area is 178 Å². The number of phenols is 1. The van der Waals surface area contributed by atoms with Crippen molar-refractivity contribution in [3.63, 3.8) is 0 Å². The van der Waals surface area contributed by atoms with E-state index >= 15 is 0 Å². The highest BCUT2D eigenvalue weighted by molar-refractivity contribution is 7.92. The second kappa shape index (κ2) is 7.92. The number of rotatable bonds is 5. The van der Waals surface area contributed by atoms with Gasteiger partial charge in [0.1, 0.15) is 5.75 Å². The number of benzene rings is 2. The van der Waals surface area contributed by atoms with E-state index in [-0.39, 0.29) is 11.7 Å². The SMILES string of the molecule is CS(=O)(=O)Nc1ccccc1C1=NN(C(=O)c2cccs2)[C@@H](c2ccccc2O)C1. The van der Waals surface area contributed by atoms with Gasteiger partial charge >= 0.3 is 0 Å². The molecule has 30 heavy (non-hydrogen) atoms. The van der Waals surface area contributed by atoms with Crippen LogP contribution in [0.2, 0.25) is 0 Å². The average molecular weight is 442 g/mol. The minimum absolute atomic E-state index is 0.0745. The van der Waals surface area contributed by atoms with E-state index in [1.165, 1.54) is 16.3 Å². The van der Waals surface area contributed by atoms with Crippen molar-refractivity contribution < 1.29 is 18.3 Å². The van der Waals surface area contributed by atoms with Gasteiger partial charge in [-0.25, -0.2) is 13.4 Å². The summed E-state index contributed by atoms with van der Waals surface area (Å²) in [7, 11) is -3.49. The molecule has 1 aliphatic rings. The number of thiophene rings is 1. The highest BCUT2D eigenvalue weighted by Crippen LogP contribution is 2.39. The lowest BCUT2D eigenvalue weighted by Gasteiger charge is -2.22. The van der Waals surface area contributed by atoms with E-state index in [0.29, 0.717) is 33.8 Å². The molecule has 1 aliphatic heterocycles. The van der Waals surface area contributed by atoms with Crippen LogP contribution >= 0.6 is 11.3 Å². The highest BCUT2D eigenvalue weighted by atomic mass is 32.2. The molecule has 0 saturated heterocycles. The molecule has 0 radical (unpaired) electrons. The van der Waals surface area contributed by atoms with Gasteiger partial charge < -0.3 is 5.11 Å². The molecule has 1 atom stereocenters. The van der Waals surface area contributed by atoms with Crippen molar-refractivity contribution in [3.8, 4) is 5.75 Å². The molecule has 0 spiro atoms. The second-order valence-electron chi connectivity index (χ2n) is 6.87. The van der Waals surface area contributed by atoms with Gasteiger partial charge in [-0.2, -0.15) is 5.10 Å². The molecule has 154 valence electrons. The van der Waals surface area contributed by atoms with Gasteiger partial charge in [0.15, 0.2) is 0 Å². The van der Waals surface area contributed by atoms with E-state index in [4.69, 9.17) is 0 Å². The maximum absolute atomic E-state index is 13.1. The molecular weight excluding hydrogens is 422 g/mol. The van der Waals surface area contributed by atoms with E-state index in [1.807, 2.05) is 5.38 Å². The van der Waals surface area contributed by atoms with Crippen molar-refractivity contribution in [2.75, 3.05) is 11.0 Å². The Morgan fingerprint density at radius 3 is 2.57 bits per heavy atom. The third-order valence-electron chi connectivity index (χ3n) is 4.68. The fourth-order valence-electron chi connectivity index (χ4n) is 3.41. The van der Waals surface area contributed by atoms with Crippen LogP contribution in [0.4, 0.5) is 5.69 Å². The summed E-state index contributed by atoms with van der Waals surface area (Å²) >= 11 is 1.31. The van der Waals surface area contributed by atoms with Crippen molar-refractivity contribution in [2.45, 2.75) is 12.5 Å². The number of nitrogens with one attached hydrogen (secondary N) is 1. The number of nitrogens with zero attached hydrogens (tertiary/aromatic N) is 2. The summed E-state index contributed by atoms with van der Waals surface area (Å²) in [5.74, 6) is -0.202. The number of carbonyl (C=O) groups is 1. The minimum Gasteiger partial charge on any atom is -0.508 e. The van der Waals surface area contributed by atoms with Crippen LogP contribution in [-0.2, 0) is 10.0 Å². The molecule has 9 heteroatoms. The van der Waals surface area contributed by atoms with Gasteiger partial charge in [-0.15, -0.1) is 11.3 Å². The molecule has 1 aromatic heterocycles. The topological polar surface area (TPSA) is 99.1 Å². The normalized spacial score (nSPS) is 16.4. The zero-order valence-corrected chi connectivity index (χ0v) is 17.7. The Bertz CT molecular complexity index is 1220. The fraction of sp³-hybridized carbons (Fsp3) is 0.143. The molecule has 0 unspecified atom stereocenters. The Morgan fingerprint density at radius 2 is 1.87 bits per heavy atom. The van der Waals surface area contributed by atoms with Crippen LogP contribution in [0, 0.1) is 0 Å². The summed E-state index contributed by atoms with van der Waals surface area (Å²) in [6, 6.07) is 16.7. The first-order valence-corrected chi connectivity index (χ1v) is 11.9. The Morgan fingerprint density at radius 1 is 1.13 bits per heavy atom. The summed E-state index contributed by atoms with van der Waals surface area (Å²) in [6.07, 6.45) is 1.41. The average Bonchev–Trinajstić information content (AvgIpc) is 3.37. The number of para-hydroxylation sites is 2. The summed E-state index contributed by atoms with van der Waals surface area (Å²) < 4.78 is 26.1. The molecule has 1 amide bonds. The van der Waals surface area contributed by atoms with Gasteiger partial charge in [0.25, 0.3) is 5.91 Å². The number of anilines is 1. The number of hydrazone groups is 1. The molecule has 3 aromatic rings. The molecule has 0 bridgehead atoms. The molecule has 7 nitrogen and oxygen atoms in total. The van der Waals surface area contributed by atoms with Crippen LogP contribution < -0.4 is 4.72 Å². The van der Waals surface area contributed by atoms with Gasteiger partial charge in [0.05, 0.1) is 28.6 Å². The van der Waals surface area contributed by atoms with Crippen LogP contribution in [0.15, 0.2) is 71.1 Å². The number of carbonyl (C=O) groups excluding carboxylic acids is 1. The number of sulfonamides is 1. The molecule has 0 aliphatic carbocycles. The summed E-state index contributed by atoms with van der Waals surface area (Å²) in [6.45, 7) is 0. The fourth-order valence-corrected chi connectivity index (χ4v) is 4.64. The third-order valence-corrected chi connectivity index (χ3v) is 6.13. The monoisotopic (exact) mass is 441 g/mol. The zero-order chi connectivity index (χ0) is 21.3. The summed E-state index contributed by atoms with van der Waals surface area (Å²) in [5.41, 5.74) is 2.11. The first-order valence-electron chi connectivity index (χ1n) is 9.13. The van der Waals surface area contributed by atoms with Crippen LogP contribution in [0.1, 0.15) is 33.3 Å². The molecule has 4 rings (SSSR count). The Kier molecular flexibility index (Phi) is 5.31. The molecule has 2 aromatic carbocycles. The maximum atomic E-state index is 13.1. The smallest absolute Gasteiger partial charge is 0.284 e. The van der Waals surface area contributed by atoms with Gasteiger partial charge in [0, 0.05) is 17.5 Å². The molecule has 0 saturated carbocycles. The quantitative estimate of drug-likeness (QED) is 0.629. The number of phenolic OH excluding ortho intramolecular Hbond substituents is 1. The van der Waals surface area contributed by atoms with Gasteiger partial charge in [-0.05, 0) is 23.6 Å². The van der Waals surface area contributed by atoms with Crippen molar-refractivity contribution in [2.24, 2.45) is 5.10 Å². The lowest BCUT2D eigenvalue weighted by molar-refractivity contribution is 0.0714. The zero-order valence-electron chi connectivity index (χ0n) is 16.0. The molecular formula is C21H19N3O4S2. The van der Waals surface area contributed by atoms with Gasteiger partial charge in [0.2, 0.25) is 10.0 Å². The lowest BCUT2D eigenvalue weighted by Crippen LogP contribution is -2.26.